The lowest BCUT2D eigenvalue weighted by Gasteiger charge is -2.16. The molecule has 1 heterocycles. The smallest absolute Gasteiger partial charge is 0.257 e. The summed E-state index contributed by atoms with van der Waals surface area (Å²) in [6.07, 6.45) is -1.67. The molecule has 0 unspecified atom stereocenters. The molecule has 0 aliphatic heterocycles. The second-order valence-corrected chi connectivity index (χ2v) is 6.35. The fourth-order valence-corrected chi connectivity index (χ4v) is 2.12. The maximum absolute atomic E-state index is 12.3. The maximum atomic E-state index is 12.3. The van der Waals surface area contributed by atoms with Crippen molar-refractivity contribution in [3.05, 3.63) is 24.1 Å². The first-order chi connectivity index (χ1) is 9.75. The molecule has 0 radical (unpaired) electrons. The Morgan fingerprint density at radius 2 is 2.24 bits per heavy atom. The van der Waals surface area contributed by atoms with E-state index < -0.39 is 28.7 Å². The highest BCUT2D eigenvalue weighted by atomic mass is 32.2. The van der Waals surface area contributed by atoms with Crippen molar-refractivity contribution in [2.75, 3.05) is 12.8 Å². The zero-order chi connectivity index (χ0) is 16.0. The molecule has 21 heavy (non-hydrogen) atoms. The summed E-state index contributed by atoms with van der Waals surface area (Å²) in [5.74, 6) is -0.576. The first-order valence-electron chi connectivity index (χ1n) is 5.99. The number of sulfone groups is 1. The topological polar surface area (TPSA) is 85.2 Å². The Labute approximate surface area is 121 Å². The molecule has 0 spiro atoms. The van der Waals surface area contributed by atoms with Crippen molar-refractivity contribution in [2.45, 2.75) is 25.9 Å². The lowest BCUT2D eigenvalue weighted by atomic mass is 10.4. The molecule has 1 amide bonds. The Hall–Kier alpha value is -1.84. The van der Waals surface area contributed by atoms with Crippen LogP contribution in [0.4, 0.5) is 8.78 Å². The number of rotatable bonds is 8. The van der Waals surface area contributed by atoms with Gasteiger partial charge in [0.15, 0.2) is 9.84 Å². The molecule has 1 rings (SSSR count). The monoisotopic (exact) mass is 322 g/mol. The van der Waals surface area contributed by atoms with Gasteiger partial charge in [-0.3, -0.25) is 4.79 Å². The fraction of sp³-hybridized carbons (Fsp3) is 0.545. The molecule has 10 heteroatoms. The van der Waals surface area contributed by atoms with E-state index in [4.69, 9.17) is 0 Å². The molecule has 0 aliphatic carbocycles. The van der Waals surface area contributed by atoms with Crippen LogP contribution in [0.25, 0.3) is 0 Å². The third-order valence-electron chi connectivity index (χ3n) is 2.67. The second kappa shape index (κ2) is 7.25. The Kier molecular flexibility index (Phi) is 5.94. The quantitative estimate of drug-likeness (QED) is 0.694. The number of halogens is 2. The van der Waals surface area contributed by atoms with Gasteiger partial charge < -0.3 is 4.90 Å². The van der Waals surface area contributed by atoms with Gasteiger partial charge in [0.05, 0.1) is 12.3 Å². The van der Waals surface area contributed by atoms with Crippen LogP contribution in [-0.2, 0) is 27.7 Å². The van der Waals surface area contributed by atoms with Gasteiger partial charge in [0.1, 0.15) is 18.7 Å². The van der Waals surface area contributed by atoms with E-state index in [2.05, 4.69) is 16.7 Å². The Morgan fingerprint density at radius 1 is 1.57 bits per heavy atom. The van der Waals surface area contributed by atoms with Crippen LogP contribution in [0.3, 0.4) is 0 Å². The van der Waals surface area contributed by atoms with Crippen LogP contribution in [0.1, 0.15) is 12.2 Å². The van der Waals surface area contributed by atoms with E-state index in [0.29, 0.717) is 0 Å². The van der Waals surface area contributed by atoms with E-state index in [1.54, 1.807) is 0 Å². The van der Waals surface area contributed by atoms with Gasteiger partial charge in [-0.2, -0.15) is 5.10 Å². The van der Waals surface area contributed by atoms with Crippen molar-refractivity contribution in [1.82, 2.24) is 19.7 Å². The fourth-order valence-electron chi connectivity index (χ4n) is 1.50. The first-order valence-corrected chi connectivity index (χ1v) is 7.70. The summed E-state index contributed by atoms with van der Waals surface area (Å²) >= 11 is 0. The molecule has 118 valence electrons. The van der Waals surface area contributed by atoms with E-state index in [1.165, 1.54) is 11.9 Å². The molecular formula is C11H16F2N4O3S. The number of hydrogen-bond acceptors (Lipinski definition) is 5. The van der Waals surface area contributed by atoms with E-state index in [-0.39, 0.29) is 24.5 Å². The average Bonchev–Trinajstić information content (AvgIpc) is 2.82. The third-order valence-corrected chi connectivity index (χ3v) is 3.95. The van der Waals surface area contributed by atoms with Gasteiger partial charge in [-0.1, -0.05) is 6.58 Å². The van der Waals surface area contributed by atoms with Gasteiger partial charge >= 0.3 is 0 Å². The summed E-state index contributed by atoms with van der Waals surface area (Å²) in [6.45, 7) is 2.51. The van der Waals surface area contributed by atoms with Gasteiger partial charge in [0.25, 0.3) is 6.43 Å². The van der Waals surface area contributed by atoms with Crippen molar-refractivity contribution >= 4 is 15.7 Å². The lowest BCUT2D eigenvalue weighted by molar-refractivity contribution is -0.130. The van der Waals surface area contributed by atoms with E-state index in [1.807, 2.05) is 0 Å². The van der Waals surface area contributed by atoms with Crippen LogP contribution in [0.5, 0.6) is 0 Å². The van der Waals surface area contributed by atoms with Gasteiger partial charge in [-0.25, -0.2) is 26.9 Å². The number of aromatic nitrogens is 3. The number of carbonyl (C=O) groups excluding carboxylic acids is 1. The van der Waals surface area contributed by atoms with Crippen molar-refractivity contribution < 1.29 is 22.0 Å². The van der Waals surface area contributed by atoms with Gasteiger partial charge in [-0.05, 0) is 0 Å². The number of carbonyl (C=O) groups is 1. The molecule has 7 nitrogen and oxygen atoms in total. The summed E-state index contributed by atoms with van der Waals surface area (Å²) in [4.78, 5) is 16.8. The minimum absolute atomic E-state index is 0.0281. The number of nitrogens with zero attached hydrogens (tertiary/aromatic N) is 4. The molecule has 0 bridgehead atoms. The second-order valence-electron chi connectivity index (χ2n) is 4.28. The van der Waals surface area contributed by atoms with Crippen molar-refractivity contribution in [1.29, 1.82) is 0 Å². The van der Waals surface area contributed by atoms with E-state index >= 15 is 0 Å². The van der Waals surface area contributed by atoms with Gasteiger partial charge in [-0.15, -0.1) is 0 Å². The SMILES string of the molecule is C=CS(=O)(=O)CCC(=O)N(C)Cc1ncnn1CC(F)F. The largest absolute Gasteiger partial charge is 0.338 e. The minimum atomic E-state index is -3.45. The Balaban J connectivity index is 2.60. The number of alkyl halides is 2. The summed E-state index contributed by atoms with van der Waals surface area (Å²) in [7, 11) is -2.02. The minimum Gasteiger partial charge on any atom is -0.338 e. The highest BCUT2D eigenvalue weighted by Gasteiger charge is 2.17. The Bertz CT molecular complexity index is 600. The van der Waals surface area contributed by atoms with Gasteiger partial charge in [0.2, 0.25) is 5.91 Å². The molecule has 0 saturated carbocycles. The predicted octanol–water partition coefficient (Wildman–Crippen LogP) is 0.450. The summed E-state index contributed by atoms with van der Waals surface area (Å²) < 4.78 is 48.1. The summed E-state index contributed by atoms with van der Waals surface area (Å²) in [5.41, 5.74) is 0. The molecule has 0 aromatic carbocycles. The van der Waals surface area contributed by atoms with Crippen LogP contribution >= 0.6 is 0 Å². The Morgan fingerprint density at radius 3 is 2.81 bits per heavy atom. The molecule has 1 aromatic heterocycles. The predicted molar refractivity (Wildman–Crippen MR) is 71.1 cm³/mol. The number of hydrogen-bond donors (Lipinski definition) is 0. The molecule has 1 aromatic rings. The van der Waals surface area contributed by atoms with Crippen LogP contribution in [0.15, 0.2) is 18.3 Å². The van der Waals surface area contributed by atoms with Crippen LogP contribution in [0, 0.1) is 0 Å². The third kappa shape index (κ3) is 5.58. The lowest BCUT2D eigenvalue weighted by Crippen LogP contribution is -2.29. The average molecular weight is 322 g/mol. The van der Waals surface area contributed by atoms with Crippen LogP contribution in [-0.4, -0.2) is 53.2 Å². The summed E-state index contributed by atoms with van der Waals surface area (Å²) in [6, 6.07) is 0. The highest BCUT2D eigenvalue weighted by molar-refractivity contribution is 7.94. The normalized spacial score (nSPS) is 11.6. The first kappa shape index (κ1) is 17.2. The number of amides is 1. The zero-order valence-electron chi connectivity index (χ0n) is 11.4. The van der Waals surface area contributed by atoms with E-state index in [9.17, 15) is 22.0 Å². The van der Waals surface area contributed by atoms with Crippen molar-refractivity contribution in [2.24, 2.45) is 0 Å². The van der Waals surface area contributed by atoms with Gasteiger partial charge in [0, 0.05) is 18.9 Å². The van der Waals surface area contributed by atoms with Crippen molar-refractivity contribution in [3.63, 3.8) is 0 Å². The van der Waals surface area contributed by atoms with E-state index in [0.717, 1.165) is 16.4 Å². The zero-order valence-corrected chi connectivity index (χ0v) is 12.3. The van der Waals surface area contributed by atoms with Crippen LogP contribution in [0.2, 0.25) is 0 Å². The molecule has 0 aliphatic rings. The van der Waals surface area contributed by atoms with Crippen LogP contribution < -0.4 is 0 Å². The molecular weight excluding hydrogens is 306 g/mol. The highest BCUT2D eigenvalue weighted by Crippen LogP contribution is 2.05. The molecule has 0 atom stereocenters. The maximum Gasteiger partial charge on any atom is 0.257 e. The standard InChI is InChI=1S/C11H16F2N4O3S/c1-3-21(19,20)5-4-11(18)16(2)7-10-14-8-15-17(10)6-9(12)13/h3,8-9H,1,4-7H2,2H3. The summed E-state index contributed by atoms with van der Waals surface area (Å²) in [5, 5.41) is 4.44. The molecule has 0 fully saturated rings. The van der Waals surface area contributed by atoms with Crippen molar-refractivity contribution in [3.8, 4) is 0 Å². The molecule has 0 saturated heterocycles. The molecule has 0 N–H and O–H groups in total.